The summed E-state index contributed by atoms with van der Waals surface area (Å²) in [5.41, 5.74) is 2.22. The van der Waals surface area contributed by atoms with Crippen LogP contribution >= 0.6 is 0 Å². The Morgan fingerprint density at radius 3 is 2.81 bits per heavy atom. The fraction of sp³-hybridized carbons (Fsp3) is 0.211. The second-order valence-corrected chi connectivity index (χ2v) is 6.17. The van der Waals surface area contributed by atoms with Gasteiger partial charge < -0.3 is 15.4 Å². The van der Waals surface area contributed by atoms with Gasteiger partial charge in [-0.15, -0.1) is 4.73 Å². The molecule has 0 unspecified atom stereocenters. The number of hydrogen-bond acceptors (Lipinski definition) is 5. The lowest BCUT2D eigenvalue weighted by Crippen LogP contribution is -2.32. The number of likely N-dealkylation sites (N-methyl/N-ethyl adjacent to an activating group) is 1. The largest absolute Gasteiger partial charge is 0.423 e. The van der Waals surface area contributed by atoms with E-state index in [1.807, 2.05) is 30.3 Å². The lowest BCUT2D eigenvalue weighted by Gasteiger charge is -2.12. The van der Waals surface area contributed by atoms with Crippen LogP contribution in [-0.2, 0) is 11.3 Å². The molecule has 2 aromatic heterocycles. The highest BCUT2D eigenvalue weighted by Crippen LogP contribution is 2.26. The number of carbonyl (C=O) groups is 1. The first-order valence-corrected chi connectivity index (χ1v) is 8.17. The molecule has 134 valence electrons. The number of rotatable bonds is 5. The third-order valence-electron chi connectivity index (χ3n) is 4.10. The van der Waals surface area contributed by atoms with E-state index in [1.165, 1.54) is 17.2 Å². The van der Waals surface area contributed by atoms with Crippen LogP contribution in [0.1, 0.15) is 5.56 Å². The zero-order valence-corrected chi connectivity index (χ0v) is 14.6. The van der Waals surface area contributed by atoms with Gasteiger partial charge in [-0.05, 0) is 34.9 Å². The third-order valence-corrected chi connectivity index (χ3v) is 4.10. The lowest BCUT2D eigenvalue weighted by molar-refractivity contribution is -0.127. The standard InChI is InChI=1S/C19H20N4O3/c1-22(2)18(25)12-20-11-13-5-3-6-14(9-13)16-10-17(24)23(26)19-15(16)7-4-8-21-19/h3-10,20,26H,11-12H2,1-2H3. The minimum Gasteiger partial charge on any atom is -0.423 e. The van der Waals surface area contributed by atoms with Crippen LogP contribution in [0.15, 0.2) is 53.5 Å². The van der Waals surface area contributed by atoms with Gasteiger partial charge in [0.15, 0.2) is 5.65 Å². The van der Waals surface area contributed by atoms with Gasteiger partial charge in [0.1, 0.15) is 0 Å². The molecule has 7 heteroatoms. The van der Waals surface area contributed by atoms with Gasteiger partial charge in [-0.1, -0.05) is 18.2 Å². The van der Waals surface area contributed by atoms with Crippen LogP contribution in [0.4, 0.5) is 0 Å². The summed E-state index contributed by atoms with van der Waals surface area (Å²) in [7, 11) is 3.43. The Bertz CT molecular complexity index is 1010. The Hall–Kier alpha value is -3.19. The van der Waals surface area contributed by atoms with Crippen molar-refractivity contribution in [1.82, 2.24) is 19.9 Å². The van der Waals surface area contributed by atoms with Crippen molar-refractivity contribution in [2.75, 3.05) is 20.6 Å². The molecule has 3 aromatic rings. The normalized spacial score (nSPS) is 10.8. The first kappa shape index (κ1) is 17.6. The monoisotopic (exact) mass is 352 g/mol. The number of nitrogens with zero attached hydrogens (tertiary/aromatic N) is 3. The molecule has 1 amide bonds. The van der Waals surface area contributed by atoms with E-state index in [0.717, 1.165) is 11.1 Å². The molecule has 0 saturated carbocycles. The van der Waals surface area contributed by atoms with E-state index in [4.69, 9.17) is 0 Å². The minimum absolute atomic E-state index is 0.00443. The first-order chi connectivity index (χ1) is 12.5. The molecule has 0 saturated heterocycles. The number of fused-ring (bicyclic) bond motifs is 1. The van der Waals surface area contributed by atoms with Gasteiger partial charge in [0, 0.05) is 38.3 Å². The summed E-state index contributed by atoms with van der Waals surface area (Å²) < 4.78 is 0.553. The molecule has 0 spiro atoms. The highest BCUT2D eigenvalue weighted by molar-refractivity contribution is 5.92. The Labute approximate surface area is 150 Å². The molecular formula is C19H20N4O3. The Morgan fingerprint density at radius 1 is 1.23 bits per heavy atom. The van der Waals surface area contributed by atoms with Gasteiger partial charge in [-0.3, -0.25) is 9.59 Å². The summed E-state index contributed by atoms with van der Waals surface area (Å²) in [6.07, 6.45) is 1.53. The van der Waals surface area contributed by atoms with Crippen molar-refractivity contribution in [3.8, 4) is 11.1 Å². The Morgan fingerprint density at radius 2 is 2.04 bits per heavy atom. The molecule has 26 heavy (non-hydrogen) atoms. The highest BCUT2D eigenvalue weighted by Gasteiger charge is 2.11. The Balaban J connectivity index is 1.92. The summed E-state index contributed by atoms with van der Waals surface area (Å²) in [4.78, 5) is 29.3. The van der Waals surface area contributed by atoms with Crippen LogP contribution in [0.2, 0.25) is 0 Å². The van der Waals surface area contributed by atoms with Crippen molar-refractivity contribution in [1.29, 1.82) is 0 Å². The van der Waals surface area contributed by atoms with E-state index in [9.17, 15) is 14.8 Å². The summed E-state index contributed by atoms with van der Waals surface area (Å²) in [5.74, 6) is 0.00443. The van der Waals surface area contributed by atoms with Crippen LogP contribution in [0.3, 0.4) is 0 Å². The van der Waals surface area contributed by atoms with Crippen LogP contribution in [0.5, 0.6) is 0 Å². The topological polar surface area (TPSA) is 87.5 Å². The van der Waals surface area contributed by atoms with E-state index in [2.05, 4.69) is 10.3 Å². The second-order valence-electron chi connectivity index (χ2n) is 6.17. The summed E-state index contributed by atoms with van der Waals surface area (Å²) in [5, 5.41) is 13.7. The van der Waals surface area contributed by atoms with Crippen molar-refractivity contribution in [2.24, 2.45) is 0 Å². The predicted octanol–water partition coefficient (Wildman–Crippen LogP) is 1.48. The molecule has 0 bridgehead atoms. The van der Waals surface area contributed by atoms with Gasteiger partial charge in [0.25, 0.3) is 5.56 Å². The maximum atomic E-state index is 12.0. The molecule has 3 rings (SSSR count). The smallest absolute Gasteiger partial charge is 0.285 e. The first-order valence-electron chi connectivity index (χ1n) is 8.17. The van der Waals surface area contributed by atoms with E-state index in [0.29, 0.717) is 22.2 Å². The molecule has 2 heterocycles. The van der Waals surface area contributed by atoms with Gasteiger partial charge in [-0.2, -0.15) is 0 Å². The maximum absolute atomic E-state index is 12.0. The minimum atomic E-state index is -0.536. The molecule has 0 aliphatic carbocycles. The number of pyridine rings is 2. The van der Waals surface area contributed by atoms with Gasteiger partial charge in [0.05, 0.1) is 6.54 Å². The van der Waals surface area contributed by atoms with Crippen LogP contribution < -0.4 is 10.9 Å². The maximum Gasteiger partial charge on any atom is 0.285 e. The van der Waals surface area contributed by atoms with Crippen LogP contribution in [-0.4, -0.2) is 46.4 Å². The average Bonchev–Trinajstić information content (AvgIpc) is 2.65. The van der Waals surface area contributed by atoms with Gasteiger partial charge in [0.2, 0.25) is 5.91 Å². The molecule has 0 aliphatic heterocycles. The molecule has 0 radical (unpaired) electrons. The number of carbonyl (C=O) groups excluding carboxylic acids is 1. The van der Waals surface area contributed by atoms with E-state index < -0.39 is 5.56 Å². The van der Waals surface area contributed by atoms with Crippen molar-refractivity contribution >= 4 is 16.9 Å². The van der Waals surface area contributed by atoms with E-state index in [1.54, 1.807) is 20.2 Å². The number of nitrogens with one attached hydrogen (secondary N) is 1. The molecule has 2 N–H and O–H groups in total. The van der Waals surface area contributed by atoms with Crippen molar-refractivity contribution < 1.29 is 10.0 Å². The zero-order chi connectivity index (χ0) is 18.7. The molecule has 1 aromatic carbocycles. The molecular weight excluding hydrogens is 332 g/mol. The van der Waals surface area contributed by atoms with Gasteiger partial charge in [-0.25, -0.2) is 4.98 Å². The van der Waals surface area contributed by atoms with Crippen LogP contribution in [0.25, 0.3) is 22.2 Å². The second kappa shape index (κ2) is 7.37. The van der Waals surface area contributed by atoms with Crippen molar-refractivity contribution in [3.63, 3.8) is 0 Å². The molecule has 0 fully saturated rings. The van der Waals surface area contributed by atoms with Crippen molar-refractivity contribution in [3.05, 3.63) is 64.6 Å². The van der Waals surface area contributed by atoms with Gasteiger partial charge >= 0.3 is 0 Å². The average molecular weight is 352 g/mol. The molecule has 7 nitrogen and oxygen atoms in total. The predicted molar refractivity (Wildman–Crippen MR) is 99.0 cm³/mol. The number of benzene rings is 1. The molecule has 0 atom stereocenters. The fourth-order valence-corrected chi connectivity index (χ4v) is 2.70. The number of amides is 1. The summed E-state index contributed by atoms with van der Waals surface area (Å²) >= 11 is 0. The Kier molecular flexibility index (Phi) is 4.99. The summed E-state index contributed by atoms with van der Waals surface area (Å²) in [6.45, 7) is 0.783. The third kappa shape index (κ3) is 3.57. The zero-order valence-electron chi connectivity index (χ0n) is 14.6. The highest BCUT2D eigenvalue weighted by atomic mass is 16.5. The quantitative estimate of drug-likeness (QED) is 0.679. The lowest BCUT2D eigenvalue weighted by atomic mass is 10.0. The van der Waals surface area contributed by atoms with Crippen molar-refractivity contribution in [2.45, 2.75) is 6.54 Å². The summed E-state index contributed by atoms with van der Waals surface area (Å²) in [6, 6.07) is 12.7. The molecule has 0 aliphatic rings. The van der Waals surface area contributed by atoms with Crippen LogP contribution in [0, 0.1) is 0 Å². The fourth-order valence-electron chi connectivity index (χ4n) is 2.70. The van der Waals surface area contributed by atoms with E-state index in [-0.39, 0.29) is 18.1 Å². The van der Waals surface area contributed by atoms with E-state index >= 15 is 0 Å². The number of aromatic nitrogens is 2. The SMILES string of the molecule is CN(C)C(=O)CNCc1cccc(-c2cc(=O)n(O)c3ncccc23)c1. The number of hydrogen-bond donors (Lipinski definition) is 2.